The van der Waals surface area contributed by atoms with E-state index in [-0.39, 0.29) is 11.7 Å². The Morgan fingerprint density at radius 2 is 2.40 bits per heavy atom. The highest BCUT2D eigenvalue weighted by Crippen LogP contribution is 2.21. The van der Waals surface area contributed by atoms with Gasteiger partial charge in [0, 0.05) is 0 Å². The van der Waals surface area contributed by atoms with Crippen LogP contribution in [0.15, 0.2) is 24.3 Å². The van der Waals surface area contributed by atoms with Crippen molar-refractivity contribution in [3.8, 4) is 0 Å². The van der Waals surface area contributed by atoms with Gasteiger partial charge in [0.2, 0.25) is 0 Å². The Morgan fingerprint density at radius 1 is 1.80 bits per heavy atom. The number of allylic oxidation sites excluding steroid dienone is 1. The molecular formula is C8H10O2. The van der Waals surface area contributed by atoms with Crippen LogP contribution in [0.5, 0.6) is 0 Å². The van der Waals surface area contributed by atoms with Crippen molar-refractivity contribution in [2.75, 3.05) is 0 Å². The van der Waals surface area contributed by atoms with Gasteiger partial charge >= 0.3 is 0 Å². The highest BCUT2D eigenvalue weighted by Gasteiger charge is 2.28. The summed E-state index contributed by atoms with van der Waals surface area (Å²) in [5.74, 6) is -0.431. The van der Waals surface area contributed by atoms with Crippen molar-refractivity contribution in [1.29, 1.82) is 0 Å². The highest BCUT2D eigenvalue weighted by atomic mass is 16.3. The van der Waals surface area contributed by atoms with Crippen molar-refractivity contribution >= 4 is 5.78 Å². The van der Waals surface area contributed by atoms with E-state index in [0.717, 1.165) is 5.57 Å². The van der Waals surface area contributed by atoms with Crippen LogP contribution < -0.4 is 0 Å². The molecule has 1 rings (SSSR count). The van der Waals surface area contributed by atoms with Crippen molar-refractivity contribution < 1.29 is 9.90 Å². The van der Waals surface area contributed by atoms with Crippen molar-refractivity contribution in [2.24, 2.45) is 5.92 Å². The second kappa shape index (κ2) is 2.39. The number of hydrogen-bond donors (Lipinski definition) is 1. The molecule has 2 atom stereocenters. The summed E-state index contributed by atoms with van der Waals surface area (Å²) in [6.45, 7) is 5.37. The first kappa shape index (κ1) is 7.22. The first-order chi connectivity index (χ1) is 4.63. The first-order valence-corrected chi connectivity index (χ1v) is 3.18. The van der Waals surface area contributed by atoms with Gasteiger partial charge in [-0.25, -0.2) is 0 Å². The van der Waals surface area contributed by atoms with Crippen LogP contribution in [-0.4, -0.2) is 17.0 Å². The lowest BCUT2D eigenvalue weighted by molar-refractivity contribution is -0.118. The second-order valence-electron chi connectivity index (χ2n) is 2.58. The summed E-state index contributed by atoms with van der Waals surface area (Å²) in [7, 11) is 0. The zero-order chi connectivity index (χ0) is 7.72. The number of aliphatic hydroxyl groups excluding tert-OH is 1. The molecular weight excluding hydrogens is 128 g/mol. The van der Waals surface area contributed by atoms with E-state index in [0.29, 0.717) is 0 Å². The van der Waals surface area contributed by atoms with E-state index in [9.17, 15) is 4.79 Å². The molecule has 0 heterocycles. The number of carbonyl (C=O) groups is 1. The number of hydrogen-bond acceptors (Lipinski definition) is 2. The van der Waals surface area contributed by atoms with Crippen LogP contribution in [0.1, 0.15) is 6.92 Å². The van der Waals surface area contributed by atoms with Crippen molar-refractivity contribution in [1.82, 2.24) is 0 Å². The summed E-state index contributed by atoms with van der Waals surface area (Å²) in [5, 5.41) is 9.16. The van der Waals surface area contributed by atoms with E-state index < -0.39 is 6.10 Å². The molecule has 0 saturated heterocycles. The number of aliphatic hydroxyl groups is 1. The van der Waals surface area contributed by atoms with Crippen LogP contribution in [0, 0.1) is 5.92 Å². The van der Waals surface area contributed by atoms with Crippen molar-refractivity contribution in [2.45, 2.75) is 13.0 Å². The molecule has 10 heavy (non-hydrogen) atoms. The maximum atomic E-state index is 10.9. The lowest BCUT2D eigenvalue weighted by atomic mass is 9.97. The number of ketones is 1. The van der Waals surface area contributed by atoms with E-state index in [1.54, 1.807) is 6.92 Å². The minimum atomic E-state index is -0.648. The van der Waals surface area contributed by atoms with Gasteiger partial charge in [0.1, 0.15) is 0 Å². The third kappa shape index (κ3) is 1.02. The summed E-state index contributed by atoms with van der Waals surface area (Å²) in [6.07, 6.45) is 2.26. The molecule has 0 amide bonds. The molecule has 1 N–H and O–H groups in total. The summed E-state index contributed by atoms with van der Waals surface area (Å²) in [5.41, 5.74) is 0.725. The standard InChI is InChI=1S/C8H10O2/c1-5(2)8-6(9)3-4-7(8)10/h3-4,6,8-9H,1H2,2H3. The molecule has 1 aliphatic carbocycles. The number of rotatable bonds is 1. The fourth-order valence-corrected chi connectivity index (χ4v) is 1.11. The molecule has 0 bridgehead atoms. The van der Waals surface area contributed by atoms with Crippen LogP contribution in [0.25, 0.3) is 0 Å². The Balaban J connectivity index is 2.79. The maximum absolute atomic E-state index is 10.9. The van der Waals surface area contributed by atoms with E-state index in [1.807, 2.05) is 0 Å². The fourth-order valence-electron chi connectivity index (χ4n) is 1.11. The zero-order valence-corrected chi connectivity index (χ0v) is 5.87. The van der Waals surface area contributed by atoms with Crippen molar-refractivity contribution in [3.63, 3.8) is 0 Å². The Kier molecular flexibility index (Phi) is 1.72. The molecule has 0 aromatic carbocycles. The Bertz CT molecular complexity index is 203. The predicted molar refractivity (Wildman–Crippen MR) is 38.5 cm³/mol. The van der Waals surface area contributed by atoms with E-state index in [1.165, 1.54) is 12.2 Å². The van der Waals surface area contributed by atoms with Gasteiger partial charge in [-0.1, -0.05) is 18.2 Å². The Morgan fingerprint density at radius 3 is 2.60 bits per heavy atom. The van der Waals surface area contributed by atoms with Gasteiger partial charge in [-0.2, -0.15) is 0 Å². The monoisotopic (exact) mass is 138 g/mol. The first-order valence-electron chi connectivity index (χ1n) is 3.18. The maximum Gasteiger partial charge on any atom is 0.165 e. The summed E-state index contributed by atoms with van der Waals surface area (Å²) in [6, 6.07) is 0. The van der Waals surface area contributed by atoms with Gasteiger partial charge in [-0.3, -0.25) is 4.79 Å². The van der Waals surface area contributed by atoms with Gasteiger partial charge in [-0.15, -0.1) is 0 Å². The molecule has 0 fully saturated rings. The second-order valence-corrected chi connectivity index (χ2v) is 2.58. The van der Waals surface area contributed by atoms with Gasteiger partial charge in [0.05, 0.1) is 12.0 Å². The summed E-state index contributed by atoms with van der Waals surface area (Å²) in [4.78, 5) is 10.9. The van der Waals surface area contributed by atoms with E-state index in [2.05, 4.69) is 6.58 Å². The molecule has 0 aromatic rings. The molecule has 0 saturated carbocycles. The van der Waals surface area contributed by atoms with Crippen LogP contribution in [0.2, 0.25) is 0 Å². The van der Waals surface area contributed by atoms with Gasteiger partial charge in [0.15, 0.2) is 5.78 Å². The molecule has 0 aromatic heterocycles. The van der Waals surface area contributed by atoms with Crippen LogP contribution in [-0.2, 0) is 4.79 Å². The van der Waals surface area contributed by atoms with Crippen LogP contribution in [0.4, 0.5) is 0 Å². The van der Waals surface area contributed by atoms with Gasteiger partial charge in [0.25, 0.3) is 0 Å². The van der Waals surface area contributed by atoms with Crippen LogP contribution in [0.3, 0.4) is 0 Å². The van der Waals surface area contributed by atoms with E-state index in [4.69, 9.17) is 5.11 Å². The lowest BCUT2D eigenvalue weighted by Crippen LogP contribution is -2.20. The average molecular weight is 138 g/mol. The number of carbonyl (C=O) groups excluding carboxylic acids is 1. The minimum absolute atomic E-state index is 0.0417. The molecule has 0 radical (unpaired) electrons. The molecule has 2 heteroatoms. The Labute approximate surface area is 59.9 Å². The molecule has 2 unspecified atom stereocenters. The molecule has 1 aliphatic rings. The summed E-state index contributed by atoms with van der Waals surface area (Å²) >= 11 is 0. The SMILES string of the molecule is C=C(C)C1C(=O)C=CC1O. The molecule has 2 nitrogen and oxygen atoms in total. The highest BCUT2D eigenvalue weighted by molar-refractivity contribution is 5.96. The molecule has 54 valence electrons. The third-order valence-electron chi connectivity index (χ3n) is 1.64. The average Bonchev–Trinajstić information content (AvgIpc) is 2.11. The normalized spacial score (nSPS) is 31.2. The smallest absolute Gasteiger partial charge is 0.165 e. The minimum Gasteiger partial charge on any atom is -0.388 e. The van der Waals surface area contributed by atoms with Crippen molar-refractivity contribution in [3.05, 3.63) is 24.3 Å². The topological polar surface area (TPSA) is 37.3 Å². The van der Waals surface area contributed by atoms with Gasteiger partial charge in [-0.05, 0) is 13.0 Å². The van der Waals surface area contributed by atoms with Crippen LogP contribution >= 0.6 is 0 Å². The Hall–Kier alpha value is -0.890. The zero-order valence-electron chi connectivity index (χ0n) is 5.87. The van der Waals surface area contributed by atoms with E-state index >= 15 is 0 Å². The fraction of sp³-hybridized carbons (Fsp3) is 0.375. The predicted octanol–water partition coefficient (Wildman–Crippen LogP) is 0.678. The quantitative estimate of drug-likeness (QED) is 0.541. The van der Waals surface area contributed by atoms with Gasteiger partial charge < -0.3 is 5.11 Å². The summed E-state index contributed by atoms with van der Waals surface area (Å²) < 4.78 is 0. The molecule has 0 spiro atoms. The third-order valence-corrected chi connectivity index (χ3v) is 1.64. The molecule has 0 aliphatic heterocycles. The largest absolute Gasteiger partial charge is 0.388 e. The lowest BCUT2D eigenvalue weighted by Gasteiger charge is -2.11.